The van der Waals surface area contributed by atoms with Gasteiger partial charge in [-0.1, -0.05) is 72.3 Å². The molecule has 248 valence electrons. The molecule has 0 aliphatic carbocycles. The second-order valence-corrected chi connectivity index (χ2v) is 14.2. The summed E-state index contributed by atoms with van der Waals surface area (Å²) in [5.41, 5.74) is 1.09. The number of hydrogen-bond acceptors (Lipinski definition) is 6. The van der Waals surface area contributed by atoms with Crippen LogP contribution in [0.2, 0.25) is 5.02 Å². The molecule has 4 rings (SSSR count). The highest BCUT2D eigenvalue weighted by atomic mass is 35.5. The summed E-state index contributed by atoms with van der Waals surface area (Å²) in [5.74, 6) is -0.0400. The SMILES string of the molecule is COc1cccc(CN(C(=O)CN(c2ccc(OC)c(Cl)c2)S(=O)(=O)c2ccccc2)C(Cc2ccccc2)C(=O)NC(C)(C)C)c1. The highest BCUT2D eigenvalue weighted by molar-refractivity contribution is 7.92. The van der Waals surface area contributed by atoms with Crippen LogP contribution in [0.1, 0.15) is 31.9 Å². The Bertz CT molecular complexity index is 1780. The number of ether oxygens (including phenoxy) is 2. The van der Waals surface area contributed by atoms with Gasteiger partial charge < -0.3 is 19.7 Å². The van der Waals surface area contributed by atoms with Gasteiger partial charge in [0.1, 0.15) is 24.1 Å². The van der Waals surface area contributed by atoms with E-state index in [1.54, 1.807) is 49.6 Å². The Hall–Kier alpha value is -4.54. The molecule has 0 spiro atoms. The van der Waals surface area contributed by atoms with E-state index in [0.717, 1.165) is 9.87 Å². The van der Waals surface area contributed by atoms with Crippen molar-refractivity contribution < 1.29 is 27.5 Å². The lowest BCUT2D eigenvalue weighted by molar-refractivity contribution is -0.140. The number of nitrogens with one attached hydrogen (secondary N) is 1. The molecule has 4 aromatic rings. The summed E-state index contributed by atoms with van der Waals surface area (Å²) >= 11 is 6.44. The van der Waals surface area contributed by atoms with Crippen molar-refractivity contribution in [1.82, 2.24) is 10.2 Å². The smallest absolute Gasteiger partial charge is 0.264 e. The van der Waals surface area contributed by atoms with Crippen molar-refractivity contribution in [2.45, 2.75) is 50.2 Å². The molecular weight excluding hydrogens is 638 g/mol. The molecule has 0 saturated carbocycles. The third-order valence-corrected chi connectivity index (χ3v) is 9.37. The summed E-state index contributed by atoms with van der Waals surface area (Å²) in [6, 6.07) is 27.9. The third kappa shape index (κ3) is 9.27. The minimum Gasteiger partial charge on any atom is -0.497 e. The Morgan fingerprint density at radius 1 is 0.830 bits per heavy atom. The zero-order valence-electron chi connectivity index (χ0n) is 27.1. The number of amides is 2. The molecule has 0 heterocycles. The first kappa shape index (κ1) is 35.3. The summed E-state index contributed by atoms with van der Waals surface area (Å²) in [4.78, 5) is 30.1. The van der Waals surface area contributed by atoms with E-state index >= 15 is 0 Å². The third-order valence-electron chi connectivity index (χ3n) is 7.29. The molecule has 0 bridgehead atoms. The van der Waals surface area contributed by atoms with Gasteiger partial charge in [-0.05, 0) is 74.4 Å². The first-order valence-corrected chi connectivity index (χ1v) is 16.8. The zero-order valence-corrected chi connectivity index (χ0v) is 28.7. The van der Waals surface area contributed by atoms with Crippen LogP contribution in [0.4, 0.5) is 5.69 Å². The number of benzene rings is 4. The van der Waals surface area contributed by atoms with Crippen LogP contribution in [-0.2, 0) is 32.6 Å². The number of methoxy groups -OCH3 is 2. The summed E-state index contributed by atoms with van der Waals surface area (Å²) in [6.07, 6.45) is 0.193. The van der Waals surface area contributed by atoms with E-state index in [-0.39, 0.29) is 34.5 Å². The average molecular weight is 678 g/mol. The molecule has 4 aromatic carbocycles. The molecule has 0 aliphatic rings. The highest BCUT2D eigenvalue weighted by Crippen LogP contribution is 2.32. The van der Waals surface area contributed by atoms with Crippen LogP contribution in [0.3, 0.4) is 0 Å². The second kappa shape index (κ2) is 15.4. The number of carbonyl (C=O) groups excluding carboxylic acids is 2. The number of carbonyl (C=O) groups is 2. The van der Waals surface area contributed by atoms with E-state index in [1.807, 2.05) is 57.2 Å². The maximum Gasteiger partial charge on any atom is 0.264 e. The maximum atomic E-state index is 14.6. The minimum atomic E-state index is -4.27. The van der Waals surface area contributed by atoms with Crippen molar-refractivity contribution in [3.8, 4) is 11.5 Å². The summed E-state index contributed by atoms with van der Waals surface area (Å²) in [7, 11) is -1.27. The normalized spacial score (nSPS) is 12.1. The standard InChI is InChI=1S/C36H40ClN3O6S/c1-36(2,3)38-35(42)32(22-26-13-8-6-9-14-26)39(24-27-15-12-16-29(21-27)45-4)34(41)25-40(28-19-20-33(46-5)31(37)23-28)47(43,44)30-17-10-7-11-18-30/h6-21,23,32H,22,24-25H2,1-5H3,(H,38,42). The molecular formula is C36H40ClN3O6S. The van der Waals surface area contributed by atoms with E-state index in [0.29, 0.717) is 17.1 Å². The van der Waals surface area contributed by atoms with E-state index in [9.17, 15) is 18.0 Å². The molecule has 2 amide bonds. The first-order chi connectivity index (χ1) is 22.3. The van der Waals surface area contributed by atoms with Gasteiger partial charge in [0, 0.05) is 18.5 Å². The Morgan fingerprint density at radius 3 is 2.06 bits per heavy atom. The van der Waals surface area contributed by atoms with Crippen LogP contribution in [0, 0.1) is 0 Å². The van der Waals surface area contributed by atoms with Crippen molar-refractivity contribution in [2.24, 2.45) is 0 Å². The van der Waals surface area contributed by atoms with E-state index < -0.39 is 34.1 Å². The Kier molecular flexibility index (Phi) is 11.5. The van der Waals surface area contributed by atoms with E-state index in [4.69, 9.17) is 21.1 Å². The van der Waals surface area contributed by atoms with Gasteiger partial charge in [-0.2, -0.15) is 0 Å². The molecule has 1 atom stereocenters. The van der Waals surface area contributed by atoms with Crippen LogP contribution >= 0.6 is 11.6 Å². The Morgan fingerprint density at radius 2 is 1.47 bits per heavy atom. The molecule has 1 unspecified atom stereocenters. The van der Waals surface area contributed by atoms with Crippen LogP contribution < -0.4 is 19.1 Å². The highest BCUT2D eigenvalue weighted by Gasteiger charge is 2.35. The van der Waals surface area contributed by atoms with Crippen molar-refractivity contribution in [1.29, 1.82) is 0 Å². The number of halogens is 1. The molecule has 0 radical (unpaired) electrons. The minimum absolute atomic E-state index is 0.00763. The summed E-state index contributed by atoms with van der Waals surface area (Å²) in [5, 5.41) is 3.20. The molecule has 9 nitrogen and oxygen atoms in total. The lowest BCUT2D eigenvalue weighted by atomic mass is 10.0. The van der Waals surface area contributed by atoms with Gasteiger partial charge in [-0.25, -0.2) is 8.42 Å². The van der Waals surface area contributed by atoms with Crippen molar-refractivity contribution in [3.05, 3.63) is 119 Å². The number of anilines is 1. The van der Waals surface area contributed by atoms with Gasteiger partial charge in [0.15, 0.2) is 0 Å². The second-order valence-electron chi connectivity index (χ2n) is 12.0. The van der Waals surface area contributed by atoms with Crippen LogP contribution in [-0.4, -0.2) is 57.5 Å². The van der Waals surface area contributed by atoms with Gasteiger partial charge in [-0.3, -0.25) is 13.9 Å². The lowest BCUT2D eigenvalue weighted by Gasteiger charge is -2.35. The van der Waals surface area contributed by atoms with Crippen LogP contribution in [0.5, 0.6) is 11.5 Å². The monoisotopic (exact) mass is 677 g/mol. The Balaban J connectivity index is 1.84. The van der Waals surface area contributed by atoms with Crippen molar-refractivity contribution >= 4 is 39.1 Å². The number of hydrogen-bond donors (Lipinski definition) is 1. The van der Waals surface area contributed by atoms with Gasteiger partial charge in [0.25, 0.3) is 10.0 Å². The van der Waals surface area contributed by atoms with Gasteiger partial charge in [-0.15, -0.1) is 0 Å². The Labute approximate surface area is 282 Å². The predicted molar refractivity (Wildman–Crippen MR) is 184 cm³/mol. The van der Waals surface area contributed by atoms with Crippen LogP contribution in [0.15, 0.2) is 108 Å². The molecule has 0 fully saturated rings. The van der Waals surface area contributed by atoms with Gasteiger partial charge in [0.2, 0.25) is 11.8 Å². The molecule has 0 aliphatic heterocycles. The van der Waals surface area contributed by atoms with Crippen molar-refractivity contribution in [2.75, 3.05) is 25.1 Å². The summed E-state index contributed by atoms with van der Waals surface area (Å²) < 4.78 is 40.0. The van der Waals surface area contributed by atoms with Gasteiger partial charge >= 0.3 is 0 Å². The number of rotatable bonds is 13. The molecule has 11 heteroatoms. The summed E-state index contributed by atoms with van der Waals surface area (Å²) in [6.45, 7) is 4.98. The zero-order chi connectivity index (χ0) is 34.2. The number of nitrogens with zero attached hydrogens (tertiary/aromatic N) is 2. The fourth-order valence-electron chi connectivity index (χ4n) is 5.03. The van der Waals surface area contributed by atoms with Gasteiger partial charge in [0.05, 0.1) is 29.8 Å². The topological polar surface area (TPSA) is 105 Å². The fourth-order valence-corrected chi connectivity index (χ4v) is 6.71. The molecule has 47 heavy (non-hydrogen) atoms. The molecule has 0 saturated heterocycles. The maximum absolute atomic E-state index is 14.6. The van der Waals surface area contributed by atoms with Crippen molar-refractivity contribution in [3.63, 3.8) is 0 Å². The largest absolute Gasteiger partial charge is 0.497 e. The first-order valence-electron chi connectivity index (χ1n) is 15.0. The van der Waals surface area contributed by atoms with E-state index in [2.05, 4.69) is 5.32 Å². The number of sulfonamides is 1. The molecule has 1 N–H and O–H groups in total. The lowest BCUT2D eigenvalue weighted by Crippen LogP contribution is -2.56. The van der Waals surface area contributed by atoms with E-state index in [1.165, 1.54) is 36.3 Å². The fraction of sp³-hybridized carbons (Fsp3) is 0.278. The molecule has 0 aromatic heterocycles. The van der Waals surface area contributed by atoms with Crippen LogP contribution in [0.25, 0.3) is 0 Å². The quantitative estimate of drug-likeness (QED) is 0.183. The average Bonchev–Trinajstić information content (AvgIpc) is 3.05. The predicted octanol–water partition coefficient (Wildman–Crippen LogP) is 6.11.